The first kappa shape index (κ1) is 14.1. The van der Waals surface area contributed by atoms with Crippen molar-refractivity contribution in [2.45, 2.75) is 39.2 Å². The molecule has 1 aromatic carbocycles. The molecule has 1 unspecified atom stereocenters. The van der Waals surface area contributed by atoms with Crippen molar-refractivity contribution < 1.29 is 9.90 Å². The van der Waals surface area contributed by atoms with Gasteiger partial charge in [-0.15, -0.1) is 0 Å². The summed E-state index contributed by atoms with van der Waals surface area (Å²) in [5, 5.41) is 12.5. The van der Waals surface area contributed by atoms with Crippen LogP contribution in [0.2, 0.25) is 0 Å². The summed E-state index contributed by atoms with van der Waals surface area (Å²) in [6, 6.07) is 7.40. The fraction of sp³-hybridized carbons (Fsp3) is 0.562. The second-order valence-electron chi connectivity index (χ2n) is 5.96. The number of carboxylic acids is 1. The number of nitrogens with one attached hydrogen (secondary N) is 1. The first-order chi connectivity index (χ1) is 9.06. The van der Waals surface area contributed by atoms with E-state index in [-0.39, 0.29) is 0 Å². The largest absolute Gasteiger partial charge is 0.480 e. The lowest BCUT2D eigenvalue weighted by atomic mass is 9.99. The summed E-state index contributed by atoms with van der Waals surface area (Å²) in [5.41, 5.74) is 2.12. The minimum absolute atomic E-state index is 0.575. The third-order valence-electron chi connectivity index (χ3n) is 3.51. The molecular formula is C16H23NO2. The average molecular weight is 261 g/mol. The molecule has 0 saturated heterocycles. The van der Waals surface area contributed by atoms with Crippen LogP contribution in [-0.4, -0.2) is 17.6 Å². The van der Waals surface area contributed by atoms with Gasteiger partial charge in [-0.05, 0) is 48.8 Å². The van der Waals surface area contributed by atoms with Crippen LogP contribution in [0.15, 0.2) is 24.3 Å². The van der Waals surface area contributed by atoms with Gasteiger partial charge in [0.2, 0.25) is 0 Å². The second kappa shape index (κ2) is 6.20. The Kier molecular flexibility index (Phi) is 4.59. The highest BCUT2D eigenvalue weighted by Crippen LogP contribution is 2.28. The maximum atomic E-state index is 11.3. The number of carboxylic acid groups (broad SMARTS) is 1. The summed E-state index contributed by atoms with van der Waals surface area (Å²) >= 11 is 0. The van der Waals surface area contributed by atoms with Crippen LogP contribution < -0.4 is 5.32 Å². The molecular weight excluding hydrogens is 238 g/mol. The van der Waals surface area contributed by atoms with Crippen molar-refractivity contribution in [1.29, 1.82) is 0 Å². The number of hydrogen-bond acceptors (Lipinski definition) is 2. The van der Waals surface area contributed by atoms with E-state index in [2.05, 4.69) is 19.2 Å². The lowest BCUT2D eigenvalue weighted by Gasteiger charge is -2.15. The van der Waals surface area contributed by atoms with E-state index in [9.17, 15) is 9.90 Å². The highest BCUT2D eigenvalue weighted by molar-refractivity contribution is 5.75. The van der Waals surface area contributed by atoms with Crippen LogP contribution in [0.4, 0.5) is 0 Å². The van der Waals surface area contributed by atoms with Crippen LogP contribution in [0.3, 0.4) is 0 Å². The van der Waals surface area contributed by atoms with E-state index in [4.69, 9.17) is 0 Å². The molecule has 1 saturated carbocycles. The van der Waals surface area contributed by atoms with Crippen LogP contribution in [0, 0.1) is 11.8 Å². The molecule has 3 nitrogen and oxygen atoms in total. The minimum Gasteiger partial charge on any atom is -0.480 e. The Morgan fingerprint density at radius 3 is 2.42 bits per heavy atom. The molecule has 1 aliphatic rings. The molecule has 1 aromatic rings. The van der Waals surface area contributed by atoms with Crippen LogP contribution in [-0.2, 0) is 11.2 Å². The van der Waals surface area contributed by atoms with Gasteiger partial charge in [-0.2, -0.15) is 0 Å². The van der Waals surface area contributed by atoms with Gasteiger partial charge in [-0.25, -0.2) is 0 Å². The highest BCUT2D eigenvalue weighted by atomic mass is 16.4. The van der Waals surface area contributed by atoms with Crippen molar-refractivity contribution >= 4 is 5.97 Å². The summed E-state index contributed by atoms with van der Waals surface area (Å²) in [4.78, 5) is 11.3. The van der Waals surface area contributed by atoms with Crippen molar-refractivity contribution in [3.8, 4) is 0 Å². The lowest BCUT2D eigenvalue weighted by molar-refractivity contribution is -0.139. The van der Waals surface area contributed by atoms with E-state index < -0.39 is 12.0 Å². The van der Waals surface area contributed by atoms with Crippen molar-refractivity contribution in [2.24, 2.45) is 11.8 Å². The molecule has 2 rings (SSSR count). The van der Waals surface area contributed by atoms with Crippen molar-refractivity contribution in [2.75, 3.05) is 6.54 Å². The number of hydrogen-bond donors (Lipinski definition) is 2. The minimum atomic E-state index is -0.794. The maximum Gasteiger partial charge on any atom is 0.325 e. The zero-order chi connectivity index (χ0) is 13.8. The van der Waals surface area contributed by atoms with Crippen LogP contribution in [0.25, 0.3) is 0 Å². The molecule has 0 heterocycles. The van der Waals surface area contributed by atoms with E-state index in [1.165, 1.54) is 18.4 Å². The molecule has 3 heteroatoms. The summed E-state index contributed by atoms with van der Waals surface area (Å²) in [5.74, 6) is 0.508. The fourth-order valence-corrected chi connectivity index (χ4v) is 2.27. The van der Waals surface area contributed by atoms with Gasteiger partial charge in [-0.3, -0.25) is 4.79 Å². The first-order valence-corrected chi connectivity index (χ1v) is 7.11. The van der Waals surface area contributed by atoms with E-state index in [1.54, 1.807) is 0 Å². The molecule has 104 valence electrons. The predicted molar refractivity (Wildman–Crippen MR) is 76.1 cm³/mol. The van der Waals surface area contributed by atoms with Gasteiger partial charge in [0.05, 0.1) is 0 Å². The van der Waals surface area contributed by atoms with Crippen molar-refractivity contribution in [1.82, 2.24) is 5.32 Å². The van der Waals surface area contributed by atoms with Gasteiger partial charge in [0.25, 0.3) is 0 Å². The quantitative estimate of drug-likeness (QED) is 0.793. The van der Waals surface area contributed by atoms with Gasteiger partial charge in [0.15, 0.2) is 0 Å². The van der Waals surface area contributed by atoms with Crippen LogP contribution in [0.1, 0.15) is 43.9 Å². The average Bonchev–Trinajstić information content (AvgIpc) is 3.14. The zero-order valence-corrected chi connectivity index (χ0v) is 11.7. The Morgan fingerprint density at radius 2 is 1.95 bits per heavy atom. The molecule has 0 bridgehead atoms. The summed E-state index contributed by atoms with van der Waals surface area (Å²) in [7, 11) is 0. The molecule has 0 amide bonds. The van der Waals surface area contributed by atoms with Crippen molar-refractivity contribution in [3.05, 3.63) is 35.4 Å². The van der Waals surface area contributed by atoms with Gasteiger partial charge < -0.3 is 10.4 Å². The molecule has 1 aliphatic carbocycles. The van der Waals surface area contributed by atoms with Crippen LogP contribution in [0.5, 0.6) is 0 Å². The Balaban J connectivity index is 2.01. The van der Waals surface area contributed by atoms with E-state index in [1.807, 2.05) is 24.3 Å². The smallest absolute Gasteiger partial charge is 0.325 e. The number of rotatable bonds is 7. The molecule has 2 N–H and O–H groups in total. The topological polar surface area (TPSA) is 49.3 Å². The van der Waals surface area contributed by atoms with E-state index in [0.29, 0.717) is 11.8 Å². The van der Waals surface area contributed by atoms with Crippen LogP contribution >= 0.6 is 0 Å². The van der Waals surface area contributed by atoms with Gasteiger partial charge in [-0.1, -0.05) is 38.1 Å². The Hall–Kier alpha value is -1.35. The zero-order valence-electron chi connectivity index (χ0n) is 11.7. The van der Waals surface area contributed by atoms with Gasteiger partial charge in [0.1, 0.15) is 6.04 Å². The number of aliphatic carboxylic acids is 1. The van der Waals surface area contributed by atoms with E-state index >= 15 is 0 Å². The third kappa shape index (κ3) is 4.35. The Labute approximate surface area is 115 Å². The van der Waals surface area contributed by atoms with E-state index in [0.717, 1.165) is 18.5 Å². The molecule has 19 heavy (non-hydrogen) atoms. The summed E-state index contributed by atoms with van der Waals surface area (Å²) in [6.45, 7) is 5.18. The molecule has 0 aromatic heterocycles. The molecule has 1 atom stereocenters. The van der Waals surface area contributed by atoms with Gasteiger partial charge >= 0.3 is 5.97 Å². The lowest BCUT2D eigenvalue weighted by Crippen LogP contribution is -2.30. The SMILES string of the molecule is CC(C)Cc1ccc(C(NCC2CC2)C(=O)O)cc1. The number of benzene rings is 1. The fourth-order valence-electron chi connectivity index (χ4n) is 2.27. The molecule has 1 fully saturated rings. The Bertz CT molecular complexity index is 421. The summed E-state index contributed by atoms with van der Waals surface area (Å²) in [6.07, 6.45) is 3.49. The molecule has 0 radical (unpaired) electrons. The molecule has 0 spiro atoms. The normalized spacial score (nSPS) is 16.6. The Morgan fingerprint density at radius 1 is 1.32 bits per heavy atom. The van der Waals surface area contributed by atoms with Gasteiger partial charge in [0, 0.05) is 0 Å². The second-order valence-corrected chi connectivity index (χ2v) is 5.96. The predicted octanol–water partition coefficient (Wildman–Crippen LogP) is 3.01. The first-order valence-electron chi connectivity index (χ1n) is 7.11. The standard InChI is InChI=1S/C16H23NO2/c1-11(2)9-12-5-7-14(8-6-12)15(16(18)19)17-10-13-3-4-13/h5-8,11,13,15,17H,3-4,9-10H2,1-2H3,(H,18,19). The maximum absolute atomic E-state index is 11.3. The monoisotopic (exact) mass is 261 g/mol. The summed E-state index contributed by atoms with van der Waals surface area (Å²) < 4.78 is 0. The third-order valence-corrected chi connectivity index (χ3v) is 3.51. The van der Waals surface area contributed by atoms with Crippen molar-refractivity contribution in [3.63, 3.8) is 0 Å². The number of carbonyl (C=O) groups is 1. The highest BCUT2D eigenvalue weighted by Gasteiger charge is 2.25. The molecule has 0 aliphatic heterocycles.